The molecule has 1 unspecified atom stereocenters. The quantitative estimate of drug-likeness (QED) is 0.880. The molecule has 2 aromatic rings. The SMILES string of the molecule is CNC(c1ccn(C)n1)c1cccc(C(F)(F)F)c1F. The Balaban J connectivity index is 2.51. The van der Waals surface area contributed by atoms with E-state index < -0.39 is 23.6 Å². The number of aryl methyl sites for hydroxylation is 1. The molecule has 3 nitrogen and oxygen atoms in total. The van der Waals surface area contributed by atoms with Crippen molar-refractivity contribution in [2.24, 2.45) is 7.05 Å². The fraction of sp³-hybridized carbons (Fsp3) is 0.308. The van der Waals surface area contributed by atoms with Gasteiger partial charge in [-0.05, 0) is 19.2 Å². The lowest BCUT2D eigenvalue weighted by molar-refractivity contribution is -0.140. The van der Waals surface area contributed by atoms with Crippen LogP contribution in [0.15, 0.2) is 30.5 Å². The minimum atomic E-state index is -4.72. The Hall–Kier alpha value is -1.89. The van der Waals surface area contributed by atoms with Crippen LogP contribution >= 0.6 is 0 Å². The van der Waals surface area contributed by atoms with Gasteiger partial charge in [0.1, 0.15) is 5.82 Å². The lowest BCUT2D eigenvalue weighted by Gasteiger charge is -2.17. The lowest BCUT2D eigenvalue weighted by Crippen LogP contribution is -2.21. The summed E-state index contributed by atoms with van der Waals surface area (Å²) in [5.74, 6) is -1.27. The van der Waals surface area contributed by atoms with Crippen LogP contribution in [-0.4, -0.2) is 16.8 Å². The summed E-state index contributed by atoms with van der Waals surface area (Å²) in [4.78, 5) is 0. The molecule has 0 amide bonds. The van der Waals surface area contributed by atoms with Crippen molar-refractivity contribution in [2.45, 2.75) is 12.2 Å². The molecule has 1 heterocycles. The summed E-state index contributed by atoms with van der Waals surface area (Å²) in [5, 5.41) is 6.88. The normalized spacial score (nSPS) is 13.5. The number of nitrogens with one attached hydrogen (secondary N) is 1. The van der Waals surface area contributed by atoms with Gasteiger partial charge in [0.2, 0.25) is 0 Å². The molecule has 0 saturated heterocycles. The van der Waals surface area contributed by atoms with Gasteiger partial charge in [0, 0.05) is 18.8 Å². The molecule has 1 atom stereocenters. The van der Waals surface area contributed by atoms with Crippen LogP contribution < -0.4 is 5.32 Å². The fourth-order valence-electron chi connectivity index (χ4n) is 2.04. The zero-order chi connectivity index (χ0) is 14.9. The van der Waals surface area contributed by atoms with Crippen LogP contribution in [0.1, 0.15) is 22.9 Å². The van der Waals surface area contributed by atoms with Crippen molar-refractivity contribution >= 4 is 0 Å². The summed E-state index contributed by atoms with van der Waals surface area (Å²) in [6, 6.07) is 4.12. The first kappa shape index (κ1) is 14.5. The number of aromatic nitrogens is 2. The summed E-state index contributed by atoms with van der Waals surface area (Å²) >= 11 is 0. The molecule has 1 aromatic heterocycles. The number of alkyl halides is 3. The molecular weight excluding hydrogens is 274 g/mol. The standard InChI is InChI=1S/C13H13F4N3/c1-18-12(10-6-7-20(2)19-10)8-4-3-5-9(11(8)14)13(15,16)17/h3-7,12,18H,1-2H3. The zero-order valence-electron chi connectivity index (χ0n) is 10.9. The van der Waals surface area contributed by atoms with E-state index in [9.17, 15) is 17.6 Å². The molecule has 108 valence electrons. The average molecular weight is 287 g/mol. The van der Waals surface area contributed by atoms with E-state index in [1.165, 1.54) is 16.8 Å². The van der Waals surface area contributed by atoms with E-state index in [2.05, 4.69) is 10.4 Å². The molecule has 0 aliphatic carbocycles. The average Bonchev–Trinajstić information content (AvgIpc) is 2.77. The Morgan fingerprint density at radius 3 is 2.45 bits per heavy atom. The van der Waals surface area contributed by atoms with E-state index in [-0.39, 0.29) is 5.56 Å². The van der Waals surface area contributed by atoms with Gasteiger partial charge in [0.25, 0.3) is 0 Å². The van der Waals surface area contributed by atoms with Gasteiger partial charge in [-0.3, -0.25) is 4.68 Å². The number of benzene rings is 1. The van der Waals surface area contributed by atoms with Gasteiger partial charge in [0.05, 0.1) is 17.3 Å². The number of rotatable bonds is 3. The molecule has 7 heteroatoms. The molecule has 0 aliphatic heterocycles. The Kier molecular flexibility index (Phi) is 3.80. The Morgan fingerprint density at radius 2 is 1.95 bits per heavy atom. The predicted octanol–water partition coefficient (Wildman–Crippen LogP) is 2.89. The summed E-state index contributed by atoms with van der Waals surface area (Å²) in [6.07, 6.45) is -3.08. The summed E-state index contributed by atoms with van der Waals surface area (Å²) in [7, 11) is 3.22. The van der Waals surface area contributed by atoms with Crippen LogP contribution in [0, 0.1) is 5.82 Å². The molecule has 0 aliphatic rings. The van der Waals surface area contributed by atoms with Gasteiger partial charge in [-0.15, -0.1) is 0 Å². The lowest BCUT2D eigenvalue weighted by atomic mass is 10.00. The molecule has 0 radical (unpaired) electrons. The molecule has 2 rings (SSSR count). The van der Waals surface area contributed by atoms with Crippen molar-refractivity contribution in [1.82, 2.24) is 15.1 Å². The second-order valence-electron chi connectivity index (χ2n) is 4.34. The molecule has 0 bridgehead atoms. The van der Waals surface area contributed by atoms with Gasteiger partial charge in [0.15, 0.2) is 0 Å². The van der Waals surface area contributed by atoms with Gasteiger partial charge in [-0.1, -0.05) is 12.1 Å². The van der Waals surface area contributed by atoms with Gasteiger partial charge in [-0.2, -0.15) is 18.3 Å². The van der Waals surface area contributed by atoms with E-state index >= 15 is 0 Å². The van der Waals surface area contributed by atoms with Gasteiger partial charge in [-0.25, -0.2) is 4.39 Å². The summed E-state index contributed by atoms with van der Waals surface area (Å²) < 4.78 is 53.8. The van der Waals surface area contributed by atoms with E-state index in [0.29, 0.717) is 5.69 Å². The van der Waals surface area contributed by atoms with Crippen molar-refractivity contribution < 1.29 is 17.6 Å². The highest BCUT2D eigenvalue weighted by atomic mass is 19.4. The van der Waals surface area contributed by atoms with Crippen LogP contribution in [0.2, 0.25) is 0 Å². The minimum Gasteiger partial charge on any atom is -0.308 e. The first-order valence-electron chi connectivity index (χ1n) is 5.87. The molecule has 1 N–H and O–H groups in total. The molecule has 20 heavy (non-hydrogen) atoms. The summed E-state index contributed by atoms with van der Waals surface area (Å²) in [5.41, 5.74) is -0.902. The van der Waals surface area contributed by atoms with Gasteiger partial charge < -0.3 is 5.32 Å². The number of halogens is 4. The Labute approximate surface area is 113 Å². The maximum atomic E-state index is 14.1. The number of nitrogens with zero attached hydrogens (tertiary/aromatic N) is 2. The second kappa shape index (κ2) is 5.24. The predicted molar refractivity (Wildman–Crippen MR) is 65.5 cm³/mol. The first-order chi connectivity index (χ1) is 9.34. The van der Waals surface area contributed by atoms with Crippen LogP contribution in [0.3, 0.4) is 0 Å². The van der Waals surface area contributed by atoms with E-state index in [1.807, 2.05) is 0 Å². The highest BCUT2D eigenvalue weighted by Gasteiger charge is 2.36. The Morgan fingerprint density at radius 1 is 1.25 bits per heavy atom. The summed E-state index contributed by atoms with van der Waals surface area (Å²) in [6.45, 7) is 0. The molecule has 0 fully saturated rings. The third-order valence-electron chi connectivity index (χ3n) is 2.96. The smallest absolute Gasteiger partial charge is 0.308 e. The molecule has 1 aromatic carbocycles. The minimum absolute atomic E-state index is 0.0824. The topological polar surface area (TPSA) is 29.9 Å². The zero-order valence-corrected chi connectivity index (χ0v) is 10.9. The van der Waals surface area contributed by atoms with Crippen molar-refractivity contribution in [3.8, 4) is 0 Å². The van der Waals surface area contributed by atoms with Crippen molar-refractivity contribution in [3.05, 3.63) is 53.1 Å². The van der Waals surface area contributed by atoms with Crippen LogP contribution in [0.5, 0.6) is 0 Å². The van der Waals surface area contributed by atoms with E-state index in [1.54, 1.807) is 26.4 Å². The van der Waals surface area contributed by atoms with Crippen LogP contribution in [0.4, 0.5) is 17.6 Å². The molecule has 0 spiro atoms. The fourth-order valence-corrected chi connectivity index (χ4v) is 2.04. The molecule has 0 saturated carbocycles. The molecular formula is C13H13F4N3. The Bertz CT molecular complexity index is 604. The highest BCUT2D eigenvalue weighted by Crippen LogP contribution is 2.34. The largest absolute Gasteiger partial charge is 0.419 e. The van der Waals surface area contributed by atoms with Crippen molar-refractivity contribution in [2.75, 3.05) is 7.05 Å². The third kappa shape index (κ3) is 2.67. The third-order valence-corrected chi connectivity index (χ3v) is 2.96. The van der Waals surface area contributed by atoms with Crippen molar-refractivity contribution in [1.29, 1.82) is 0 Å². The number of hydrogen-bond acceptors (Lipinski definition) is 2. The second-order valence-corrected chi connectivity index (χ2v) is 4.34. The first-order valence-corrected chi connectivity index (χ1v) is 5.87. The van der Waals surface area contributed by atoms with Crippen molar-refractivity contribution in [3.63, 3.8) is 0 Å². The highest BCUT2D eigenvalue weighted by molar-refractivity contribution is 5.34. The van der Waals surface area contributed by atoms with Crippen LogP contribution in [0.25, 0.3) is 0 Å². The monoisotopic (exact) mass is 287 g/mol. The maximum absolute atomic E-state index is 14.1. The van der Waals surface area contributed by atoms with E-state index in [0.717, 1.165) is 6.07 Å². The maximum Gasteiger partial charge on any atom is 0.419 e. The number of hydrogen-bond donors (Lipinski definition) is 1. The van der Waals surface area contributed by atoms with Gasteiger partial charge >= 0.3 is 6.18 Å². The van der Waals surface area contributed by atoms with Crippen LogP contribution in [-0.2, 0) is 13.2 Å². The van der Waals surface area contributed by atoms with E-state index in [4.69, 9.17) is 0 Å².